The average Bonchev–Trinajstić information content (AvgIpc) is 2.83. The first-order valence-corrected chi connectivity index (χ1v) is 7.46. The monoisotopic (exact) mass is 322 g/mol. The van der Waals surface area contributed by atoms with E-state index in [9.17, 15) is 30.0 Å². The van der Waals surface area contributed by atoms with Gasteiger partial charge in [0.05, 0.1) is 11.8 Å². The summed E-state index contributed by atoms with van der Waals surface area (Å²) in [7, 11) is 0. The molecule has 1 saturated heterocycles. The molecule has 6 unspecified atom stereocenters. The van der Waals surface area contributed by atoms with Gasteiger partial charge < -0.3 is 25.2 Å². The number of aliphatic carboxylic acids is 2. The lowest BCUT2D eigenvalue weighted by atomic mass is 9.66. The number of hydrogen-bond acceptors (Lipinski definition) is 5. The summed E-state index contributed by atoms with van der Waals surface area (Å²) < 4.78 is 4.96. The minimum absolute atomic E-state index is 0.0844. The Labute approximate surface area is 132 Å². The summed E-state index contributed by atoms with van der Waals surface area (Å²) in [5, 5.41) is 38.5. The van der Waals surface area contributed by atoms with Gasteiger partial charge in [0.1, 0.15) is 0 Å². The third kappa shape index (κ3) is 2.71. The zero-order valence-electron chi connectivity index (χ0n) is 12.2. The first kappa shape index (κ1) is 15.9. The highest BCUT2D eigenvalue weighted by molar-refractivity contribution is 5.85. The van der Waals surface area contributed by atoms with Crippen molar-refractivity contribution in [3.8, 4) is 0 Å². The van der Waals surface area contributed by atoms with Crippen molar-refractivity contribution >= 4 is 11.9 Å². The van der Waals surface area contributed by atoms with Crippen LogP contribution < -0.4 is 0 Å². The molecular formula is C16H18O7. The first-order valence-electron chi connectivity index (χ1n) is 7.46. The molecule has 0 spiro atoms. The van der Waals surface area contributed by atoms with Gasteiger partial charge >= 0.3 is 11.9 Å². The molecule has 0 radical (unpaired) electrons. The third-order valence-electron chi connectivity index (χ3n) is 4.88. The van der Waals surface area contributed by atoms with E-state index in [1.54, 1.807) is 24.3 Å². The van der Waals surface area contributed by atoms with Gasteiger partial charge in [-0.3, -0.25) is 9.59 Å². The fourth-order valence-electron chi connectivity index (χ4n) is 3.87. The molecule has 1 aliphatic heterocycles. The van der Waals surface area contributed by atoms with E-state index in [-0.39, 0.29) is 18.8 Å². The number of fused-ring (bicyclic) bond motifs is 1. The summed E-state index contributed by atoms with van der Waals surface area (Å²) in [6.07, 6.45) is -2.02. The Morgan fingerprint density at radius 3 is 2.17 bits per heavy atom. The molecule has 124 valence electrons. The second-order valence-electron chi connectivity index (χ2n) is 6.11. The molecular weight excluding hydrogens is 304 g/mol. The number of ether oxygens (including phenoxy) is 1. The number of aliphatic hydroxyl groups excluding tert-OH is 2. The van der Waals surface area contributed by atoms with Crippen LogP contribution in [0.25, 0.3) is 0 Å². The molecule has 1 aromatic rings. The van der Waals surface area contributed by atoms with Crippen LogP contribution >= 0.6 is 0 Å². The third-order valence-corrected chi connectivity index (χ3v) is 4.88. The van der Waals surface area contributed by atoms with Gasteiger partial charge in [0.2, 0.25) is 0 Å². The van der Waals surface area contributed by atoms with Crippen LogP contribution in [-0.4, -0.2) is 44.9 Å². The highest BCUT2D eigenvalue weighted by atomic mass is 16.7. The number of rotatable bonds is 3. The summed E-state index contributed by atoms with van der Waals surface area (Å²) in [6.45, 7) is 0. The van der Waals surface area contributed by atoms with Crippen molar-refractivity contribution in [3.63, 3.8) is 0 Å². The minimum atomic E-state index is -1.20. The van der Waals surface area contributed by atoms with Crippen LogP contribution in [0.1, 0.15) is 35.8 Å². The highest BCUT2D eigenvalue weighted by Gasteiger charge is 2.48. The Balaban J connectivity index is 2.06. The van der Waals surface area contributed by atoms with Gasteiger partial charge in [0.25, 0.3) is 0 Å². The van der Waals surface area contributed by atoms with Crippen LogP contribution in [0.5, 0.6) is 0 Å². The molecule has 2 aliphatic rings. The summed E-state index contributed by atoms with van der Waals surface area (Å²) in [5.74, 6) is -5.41. The molecule has 1 fully saturated rings. The summed E-state index contributed by atoms with van der Waals surface area (Å²) in [6, 6.07) is 6.80. The fourth-order valence-corrected chi connectivity index (χ4v) is 3.87. The number of carbonyl (C=O) groups is 2. The predicted octanol–water partition coefficient (Wildman–Crippen LogP) is 0.716. The molecule has 6 atom stereocenters. The van der Waals surface area contributed by atoms with Crippen molar-refractivity contribution < 1.29 is 34.8 Å². The molecule has 1 aliphatic carbocycles. The minimum Gasteiger partial charge on any atom is -0.481 e. The maximum Gasteiger partial charge on any atom is 0.311 e. The normalized spacial score (nSPS) is 36.4. The SMILES string of the molecule is O=C(O)C1CC(C2CC(O)OC2O)c2ccccc2C1C(=O)O. The molecule has 4 N–H and O–H groups in total. The number of hydrogen-bond donors (Lipinski definition) is 4. The number of carboxylic acid groups (broad SMARTS) is 2. The van der Waals surface area contributed by atoms with Crippen LogP contribution in [0.4, 0.5) is 0 Å². The van der Waals surface area contributed by atoms with E-state index < -0.39 is 42.3 Å². The van der Waals surface area contributed by atoms with Crippen LogP contribution in [0.3, 0.4) is 0 Å². The number of carboxylic acids is 2. The van der Waals surface area contributed by atoms with Gasteiger partial charge in [0.15, 0.2) is 12.6 Å². The van der Waals surface area contributed by atoms with Crippen molar-refractivity contribution in [2.75, 3.05) is 0 Å². The molecule has 23 heavy (non-hydrogen) atoms. The topological polar surface area (TPSA) is 124 Å². The lowest BCUT2D eigenvalue weighted by Gasteiger charge is -2.37. The van der Waals surface area contributed by atoms with Gasteiger partial charge in [-0.15, -0.1) is 0 Å². The first-order chi connectivity index (χ1) is 10.9. The van der Waals surface area contributed by atoms with E-state index in [4.69, 9.17) is 4.74 Å². The van der Waals surface area contributed by atoms with Gasteiger partial charge in [0, 0.05) is 12.3 Å². The molecule has 7 heteroatoms. The van der Waals surface area contributed by atoms with Gasteiger partial charge in [-0.1, -0.05) is 24.3 Å². The van der Waals surface area contributed by atoms with Crippen LogP contribution in [0.2, 0.25) is 0 Å². The Kier molecular flexibility index (Phi) is 4.09. The van der Waals surface area contributed by atoms with E-state index in [1.807, 2.05) is 0 Å². The van der Waals surface area contributed by atoms with Gasteiger partial charge in [-0.25, -0.2) is 0 Å². The molecule has 1 heterocycles. The van der Waals surface area contributed by atoms with Crippen molar-refractivity contribution in [3.05, 3.63) is 35.4 Å². The quantitative estimate of drug-likeness (QED) is 0.646. The lowest BCUT2D eigenvalue weighted by molar-refractivity contribution is -0.170. The van der Waals surface area contributed by atoms with Crippen molar-refractivity contribution in [1.82, 2.24) is 0 Å². The van der Waals surface area contributed by atoms with Crippen LogP contribution in [0, 0.1) is 11.8 Å². The van der Waals surface area contributed by atoms with E-state index in [0.29, 0.717) is 11.1 Å². The van der Waals surface area contributed by atoms with E-state index >= 15 is 0 Å². The van der Waals surface area contributed by atoms with Crippen LogP contribution in [-0.2, 0) is 14.3 Å². The zero-order chi connectivity index (χ0) is 16.7. The largest absolute Gasteiger partial charge is 0.481 e. The molecule has 3 rings (SSSR count). The highest BCUT2D eigenvalue weighted by Crippen LogP contribution is 2.49. The molecule has 0 amide bonds. The number of benzene rings is 1. The maximum absolute atomic E-state index is 11.6. The Hall–Kier alpha value is -1.96. The average molecular weight is 322 g/mol. The molecule has 0 bridgehead atoms. The molecule has 7 nitrogen and oxygen atoms in total. The van der Waals surface area contributed by atoms with Gasteiger partial charge in [-0.2, -0.15) is 0 Å². The summed E-state index contributed by atoms with van der Waals surface area (Å²) in [5.41, 5.74) is 1.16. The van der Waals surface area contributed by atoms with E-state index in [2.05, 4.69) is 0 Å². The van der Waals surface area contributed by atoms with Crippen LogP contribution in [0.15, 0.2) is 24.3 Å². The molecule has 0 saturated carbocycles. The second kappa shape index (κ2) is 5.92. The smallest absolute Gasteiger partial charge is 0.311 e. The van der Waals surface area contributed by atoms with Crippen molar-refractivity contribution in [1.29, 1.82) is 0 Å². The van der Waals surface area contributed by atoms with E-state index in [0.717, 1.165) is 0 Å². The number of aliphatic hydroxyl groups is 2. The zero-order valence-corrected chi connectivity index (χ0v) is 12.2. The Bertz CT molecular complexity index is 629. The van der Waals surface area contributed by atoms with Gasteiger partial charge in [-0.05, 0) is 23.5 Å². The Morgan fingerprint density at radius 1 is 1.00 bits per heavy atom. The second-order valence-corrected chi connectivity index (χ2v) is 6.11. The van der Waals surface area contributed by atoms with Crippen molar-refractivity contribution in [2.24, 2.45) is 11.8 Å². The summed E-state index contributed by atoms with van der Waals surface area (Å²) >= 11 is 0. The molecule has 1 aromatic carbocycles. The predicted molar refractivity (Wildman–Crippen MR) is 76.5 cm³/mol. The van der Waals surface area contributed by atoms with E-state index in [1.165, 1.54) is 0 Å². The lowest BCUT2D eigenvalue weighted by Crippen LogP contribution is -2.37. The Morgan fingerprint density at radius 2 is 1.65 bits per heavy atom. The molecule has 0 aromatic heterocycles. The van der Waals surface area contributed by atoms with Crippen molar-refractivity contribution in [2.45, 2.75) is 37.3 Å². The summed E-state index contributed by atoms with van der Waals surface area (Å²) in [4.78, 5) is 23.2. The standard InChI is InChI=1S/C16H18O7/c17-12-6-10(16(22)23-12)9-5-11(14(18)19)13(15(20)21)8-4-2-1-3-7(8)9/h1-4,9-13,16-17,22H,5-6H2,(H,18,19)(H,20,21). The fraction of sp³-hybridized carbons (Fsp3) is 0.500. The maximum atomic E-state index is 11.6.